The summed E-state index contributed by atoms with van der Waals surface area (Å²) >= 11 is 0. The van der Waals surface area contributed by atoms with Gasteiger partial charge in [-0.15, -0.1) is 0 Å². The lowest BCUT2D eigenvalue weighted by Crippen LogP contribution is -2.41. The van der Waals surface area contributed by atoms with Crippen LogP contribution < -0.4 is 0 Å². The number of piperidine rings is 1. The molecule has 1 unspecified atom stereocenters. The predicted molar refractivity (Wildman–Crippen MR) is 95.1 cm³/mol. The van der Waals surface area contributed by atoms with E-state index in [2.05, 4.69) is 14.7 Å². The van der Waals surface area contributed by atoms with Crippen LogP contribution in [-0.2, 0) is 27.9 Å². The monoisotopic (exact) mass is 382 g/mol. The fraction of sp³-hybridized carbons (Fsp3) is 0.647. The normalized spacial score (nSPS) is 19.2. The highest BCUT2D eigenvalue weighted by molar-refractivity contribution is 7.89. The van der Waals surface area contributed by atoms with Crippen LogP contribution in [0.1, 0.15) is 35.8 Å². The third kappa shape index (κ3) is 3.56. The SMILES string of the molecule is COCc1ncc(C)n1CC1CCCN(S(=O)(=O)c2c(C)noc2C)C1. The molecule has 0 N–H and O–H groups in total. The van der Waals surface area contributed by atoms with Gasteiger partial charge in [0, 0.05) is 38.6 Å². The van der Waals surface area contributed by atoms with E-state index >= 15 is 0 Å². The second-order valence-corrected chi connectivity index (χ2v) is 8.76. The van der Waals surface area contributed by atoms with Crippen molar-refractivity contribution in [2.75, 3.05) is 20.2 Å². The number of imidazole rings is 1. The molecule has 3 rings (SSSR count). The fourth-order valence-electron chi connectivity index (χ4n) is 3.63. The van der Waals surface area contributed by atoms with Crippen LogP contribution in [-0.4, -0.2) is 47.6 Å². The molecule has 1 aliphatic heterocycles. The lowest BCUT2D eigenvalue weighted by atomic mass is 9.99. The van der Waals surface area contributed by atoms with Crippen LogP contribution in [0.25, 0.3) is 0 Å². The van der Waals surface area contributed by atoms with Gasteiger partial charge in [-0.05, 0) is 39.5 Å². The Morgan fingerprint density at radius 2 is 2.12 bits per heavy atom. The van der Waals surface area contributed by atoms with Gasteiger partial charge in [0.05, 0.1) is 0 Å². The largest absolute Gasteiger partial charge is 0.377 e. The van der Waals surface area contributed by atoms with Crippen molar-refractivity contribution in [1.29, 1.82) is 0 Å². The Morgan fingerprint density at radius 3 is 2.77 bits per heavy atom. The maximum absolute atomic E-state index is 13.1. The molecule has 9 heteroatoms. The third-order valence-electron chi connectivity index (χ3n) is 4.90. The van der Waals surface area contributed by atoms with E-state index in [1.807, 2.05) is 13.1 Å². The average Bonchev–Trinajstić information content (AvgIpc) is 3.12. The first-order valence-electron chi connectivity index (χ1n) is 8.77. The van der Waals surface area contributed by atoms with E-state index in [0.717, 1.165) is 30.9 Å². The van der Waals surface area contributed by atoms with Crippen molar-refractivity contribution in [2.45, 2.75) is 51.7 Å². The molecule has 2 aromatic heterocycles. The van der Waals surface area contributed by atoms with Crippen molar-refractivity contribution in [1.82, 2.24) is 19.0 Å². The maximum atomic E-state index is 13.1. The molecule has 0 spiro atoms. The highest BCUT2D eigenvalue weighted by Crippen LogP contribution is 2.28. The van der Waals surface area contributed by atoms with Crippen molar-refractivity contribution in [3.8, 4) is 0 Å². The standard InChI is InChI=1S/C17H26N4O4S/c1-12-8-18-16(11-24-4)21(12)10-15-6-5-7-20(9-15)26(22,23)17-13(2)19-25-14(17)3/h8,15H,5-7,9-11H2,1-4H3. The van der Waals surface area contributed by atoms with Gasteiger partial charge in [-0.1, -0.05) is 5.16 Å². The summed E-state index contributed by atoms with van der Waals surface area (Å²) in [6.07, 6.45) is 3.65. The molecule has 8 nitrogen and oxygen atoms in total. The minimum absolute atomic E-state index is 0.206. The lowest BCUT2D eigenvalue weighted by Gasteiger charge is -2.32. The number of aromatic nitrogens is 3. The van der Waals surface area contributed by atoms with Crippen LogP contribution in [0.15, 0.2) is 15.6 Å². The third-order valence-corrected chi connectivity index (χ3v) is 7.01. The Labute approximate surface area is 154 Å². The number of methoxy groups -OCH3 is 1. The molecule has 26 heavy (non-hydrogen) atoms. The first kappa shape index (κ1) is 19.1. The molecular weight excluding hydrogens is 356 g/mol. The molecule has 3 heterocycles. The van der Waals surface area contributed by atoms with E-state index in [1.165, 1.54) is 0 Å². The fourth-order valence-corrected chi connectivity index (χ4v) is 5.47. The molecule has 1 atom stereocenters. The van der Waals surface area contributed by atoms with E-state index in [1.54, 1.807) is 25.3 Å². The highest BCUT2D eigenvalue weighted by Gasteiger charge is 2.34. The number of rotatable bonds is 6. The Hall–Kier alpha value is -1.71. The van der Waals surface area contributed by atoms with Gasteiger partial charge in [-0.2, -0.15) is 4.31 Å². The van der Waals surface area contributed by atoms with Gasteiger partial charge in [-0.25, -0.2) is 13.4 Å². The smallest absolute Gasteiger partial charge is 0.248 e. The second kappa shape index (κ2) is 7.50. The Kier molecular flexibility index (Phi) is 5.50. The number of nitrogens with zero attached hydrogens (tertiary/aromatic N) is 4. The summed E-state index contributed by atoms with van der Waals surface area (Å²) in [6, 6.07) is 0. The summed E-state index contributed by atoms with van der Waals surface area (Å²) in [5, 5.41) is 3.79. The van der Waals surface area contributed by atoms with Crippen LogP contribution >= 0.6 is 0 Å². The Bertz CT molecular complexity index is 852. The van der Waals surface area contributed by atoms with Crippen LogP contribution in [0.2, 0.25) is 0 Å². The van der Waals surface area contributed by atoms with Crippen molar-refractivity contribution >= 4 is 10.0 Å². The van der Waals surface area contributed by atoms with E-state index < -0.39 is 10.0 Å². The number of hydrogen-bond donors (Lipinski definition) is 0. The van der Waals surface area contributed by atoms with E-state index in [-0.39, 0.29) is 10.8 Å². The molecule has 1 fully saturated rings. The van der Waals surface area contributed by atoms with Gasteiger partial charge in [0.25, 0.3) is 0 Å². The van der Waals surface area contributed by atoms with Crippen LogP contribution in [0.5, 0.6) is 0 Å². The first-order chi connectivity index (χ1) is 12.3. The zero-order valence-corrected chi connectivity index (χ0v) is 16.5. The zero-order chi connectivity index (χ0) is 18.9. The average molecular weight is 382 g/mol. The Morgan fingerprint density at radius 1 is 1.35 bits per heavy atom. The summed E-state index contributed by atoms with van der Waals surface area (Å²) < 4.78 is 40.1. The van der Waals surface area contributed by atoms with Gasteiger partial charge < -0.3 is 13.8 Å². The summed E-state index contributed by atoms with van der Waals surface area (Å²) in [7, 11) is -1.95. The molecule has 0 saturated carbocycles. The topological polar surface area (TPSA) is 90.5 Å². The van der Waals surface area contributed by atoms with Crippen LogP contribution in [0.3, 0.4) is 0 Å². The highest BCUT2D eigenvalue weighted by atomic mass is 32.2. The number of aryl methyl sites for hydroxylation is 3. The summed E-state index contributed by atoms with van der Waals surface area (Å²) in [5.41, 5.74) is 1.47. The molecular formula is C17H26N4O4S. The summed E-state index contributed by atoms with van der Waals surface area (Å²) in [5.74, 6) is 1.44. The zero-order valence-electron chi connectivity index (χ0n) is 15.7. The van der Waals surface area contributed by atoms with Crippen molar-refractivity contribution < 1.29 is 17.7 Å². The van der Waals surface area contributed by atoms with Gasteiger partial charge in [-0.3, -0.25) is 0 Å². The number of sulfonamides is 1. The molecule has 1 aliphatic rings. The van der Waals surface area contributed by atoms with E-state index in [9.17, 15) is 8.42 Å². The van der Waals surface area contributed by atoms with Crippen molar-refractivity contribution in [3.63, 3.8) is 0 Å². The second-order valence-electron chi connectivity index (χ2n) is 6.88. The number of hydrogen-bond acceptors (Lipinski definition) is 6. The van der Waals surface area contributed by atoms with Gasteiger partial charge in [0.1, 0.15) is 23.0 Å². The predicted octanol–water partition coefficient (Wildman–Crippen LogP) is 2.04. The molecule has 0 radical (unpaired) electrons. The van der Waals surface area contributed by atoms with Crippen molar-refractivity contribution in [3.05, 3.63) is 29.2 Å². The van der Waals surface area contributed by atoms with Gasteiger partial charge in [0.15, 0.2) is 5.76 Å². The summed E-state index contributed by atoms with van der Waals surface area (Å²) in [4.78, 5) is 4.59. The van der Waals surface area contributed by atoms with Crippen LogP contribution in [0, 0.1) is 26.7 Å². The molecule has 0 amide bonds. The van der Waals surface area contributed by atoms with Gasteiger partial charge in [0.2, 0.25) is 10.0 Å². The van der Waals surface area contributed by atoms with Gasteiger partial charge >= 0.3 is 0 Å². The molecule has 0 bridgehead atoms. The number of ether oxygens (including phenoxy) is 1. The molecule has 144 valence electrons. The van der Waals surface area contributed by atoms with E-state index in [0.29, 0.717) is 31.2 Å². The molecule has 0 aromatic carbocycles. The lowest BCUT2D eigenvalue weighted by molar-refractivity contribution is 0.169. The Balaban J connectivity index is 1.79. The first-order valence-corrected chi connectivity index (χ1v) is 10.2. The minimum Gasteiger partial charge on any atom is -0.377 e. The molecule has 2 aromatic rings. The molecule has 0 aliphatic carbocycles. The maximum Gasteiger partial charge on any atom is 0.248 e. The minimum atomic E-state index is -3.59. The van der Waals surface area contributed by atoms with Crippen LogP contribution in [0.4, 0.5) is 0 Å². The molecule has 1 saturated heterocycles. The van der Waals surface area contributed by atoms with E-state index in [4.69, 9.17) is 9.26 Å². The summed E-state index contributed by atoms with van der Waals surface area (Å²) in [6.45, 7) is 7.50. The van der Waals surface area contributed by atoms with Crippen molar-refractivity contribution in [2.24, 2.45) is 5.92 Å². The quantitative estimate of drug-likeness (QED) is 0.759.